The van der Waals surface area contributed by atoms with Gasteiger partial charge in [-0.3, -0.25) is 0 Å². The molecular formula is C12H14N2O. The largest absolute Gasteiger partial charge is 0.361 e. The van der Waals surface area contributed by atoms with Crippen LogP contribution in [0.3, 0.4) is 0 Å². The van der Waals surface area contributed by atoms with Gasteiger partial charge in [-0.25, -0.2) is 0 Å². The van der Waals surface area contributed by atoms with Gasteiger partial charge in [-0.15, -0.1) is 0 Å². The first kappa shape index (κ1) is 9.93. The number of carbonyl (C=O) groups excluding carboxylic acids is 1. The molecule has 2 rings (SSSR count). The maximum absolute atomic E-state index is 10.5. The number of rotatable bonds is 3. The summed E-state index contributed by atoms with van der Waals surface area (Å²) in [6, 6.07) is 5.71. The Hall–Kier alpha value is -1.61. The molecule has 0 saturated heterocycles. The number of aromatic nitrogens is 1. The number of fused-ring (bicyclic) bond motifs is 1. The van der Waals surface area contributed by atoms with Crippen LogP contribution in [0.15, 0.2) is 24.4 Å². The molecule has 3 nitrogen and oxygen atoms in total. The summed E-state index contributed by atoms with van der Waals surface area (Å²) in [4.78, 5) is 13.7. The van der Waals surface area contributed by atoms with Crippen LogP contribution in [0.1, 0.15) is 11.1 Å². The zero-order valence-electron chi connectivity index (χ0n) is 8.66. The lowest BCUT2D eigenvalue weighted by atomic mass is 10.0. The summed E-state index contributed by atoms with van der Waals surface area (Å²) in [5.74, 6) is 0. The molecule has 0 amide bonds. The Bertz CT molecular complexity index is 487. The Balaban J connectivity index is 2.45. The van der Waals surface area contributed by atoms with E-state index in [0.29, 0.717) is 6.42 Å². The second kappa shape index (κ2) is 3.87. The van der Waals surface area contributed by atoms with Crippen molar-refractivity contribution in [2.45, 2.75) is 19.4 Å². The third kappa shape index (κ3) is 1.78. The zero-order valence-corrected chi connectivity index (χ0v) is 8.66. The van der Waals surface area contributed by atoms with E-state index >= 15 is 0 Å². The molecule has 0 bridgehead atoms. The van der Waals surface area contributed by atoms with Gasteiger partial charge in [0.1, 0.15) is 6.29 Å². The number of hydrogen-bond acceptors (Lipinski definition) is 2. The van der Waals surface area contributed by atoms with E-state index < -0.39 is 6.04 Å². The van der Waals surface area contributed by atoms with Crippen molar-refractivity contribution in [3.05, 3.63) is 35.5 Å². The van der Waals surface area contributed by atoms with E-state index in [1.54, 1.807) is 0 Å². The van der Waals surface area contributed by atoms with Crippen LogP contribution in [0.5, 0.6) is 0 Å². The Labute approximate surface area is 88.3 Å². The number of aromatic amines is 1. The van der Waals surface area contributed by atoms with Crippen LogP contribution in [0.25, 0.3) is 10.9 Å². The van der Waals surface area contributed by atoms with Crippen LogP contribution < -0.4 is 5.73 Å². The molecule has 1 heterocycles. The number of carbonyl (C=O) groups is 1. The molecule has 0 aliphatic rings. The fourth-order valence-corrected chi connectivity index (χ4v) is 1.83. The van der Waals surface area contributed by atoms with Gasteiger partial charge in [0.2, 0.25) is 0 Å². The molecule has 0 spiro atoms. The molecule has 0 aliphatic heterocycles. The number of benzene rings is 1. The number of H-pyrrole nitrogens is 1. The summed E-state index contributed by atoms with van der Waals surface area (Å²) in [7, 11) is 0. The third-order valence-electron chi connectivity index (χ3n) is 2.64. The summed E-state index contributed by atoms with van der Waals surface area (Å²) in [6.45, 7) is 2.06. The van der Waals surface area contributed by atoms with Gasteiger partial charge < -0.3 is 15.5 Å². The summed E-state index contributed by atoms with van der Waals surface area (Å²) in [6.07, 6.45) is 3.31. The van der Waals surface area contributed by atoms with Gasteiger partial charge in [0.05, 0.1) is 6.04 Å². The molecule has 0 saturated carbocycles. The molecule has 0 aliphatic carbocycles. The molecular weight excluding hydrogens is 188 g/mol. The number of para-hydroxylation sites is 1. The number of aryl methyl sites for hydroxylation is 1. The lowest BCUT2D eigenvalue weighted by Crippen LogP contribution is -2.23. The SMILES string of the molecule is Cc1cccc2c(C[C@H](N)C=O)c[nH]c12. The minimum absolute atomic E-state index is 0.412. The topological polar surface area (TPSA) is 58.9 Å². The summed E-state index contributed by atoms with van der Waals surface area (Å²) in [5, 5.41) is 1.16. The average molecular weight is 202 g/mol. The Morgan fingerprint density at radius 3 is 3.07 bits per heavy atom. The fraction of sp³-hybridized carbons (Fsp3) is 0.250. The van der Waals surface area contributed by atoms with E-state index in [9.17, 15) is 4.79 Å². The van der Waals surface area contributed by atoms with Crippen LogP contribution in [-0.2, 0) is 11.2 Å². The highest BCUT2D eigenvalue weighted by Crippen LogP contribution is 2.21. The predicted octanol–water partition coefficient (Wildman–Crippen LogP) is 1.55. The Kier molecular flexibility index (Phi) is 2.56. The predicted molar refractivity (Wildman–Crippen MR) is 60.8 cm³/mol. The standard InChI is InChI=1S/C12H14N2O/c1-8-3-2-4-11-9(5-10(13)7-15)6-14-12(8)11/h2-4,6-7,10,14H,5,13H2,1H3/t10-/m0/s1. The van der Waals surface area contributed by atoms with E-state index in [4.69, 9.17) is 5.73 Å². The molecule has 1 aromatic carbocycles. The Morgan fingerprint density at radius 1 is 1.53 bits per heavy atom. The molecule has 2 aromatic rings. The van der Waals surface area contributed by atoms with E-state index in [0.717, 1.165) is 22.8 Å². The monoisotopic (exact) mass is 202 g/mol. The van der Waals surface area contributed by atoms with Gasteiger partial charge in [0, 0.05) is 17.1 Å². The molecule has 0 fully saturated rings. The highest BCUT2D eigenvalue weighted by molar-refractivity contribution is 5.86. The van der Waals surface area contributed by atoms with Gasteiger partial charge in [0.15, 0.2) is 0 Å². The van der Waals surface area contributed by atoms with Crippen LogP contribution >= 0.6 is 0 Å². The van der Waals surface area contributed by atoms with Crippen LogP contribution in [0.2, 0.25) is 0 Å². The molecule has 3 N–H and O–H groups in total. The van der Waals surface area contributed by atoms with Gasteiger partial charge in [-0.05, 0) is 24.5 Å². The lowest BCUT2D eigenvalue weighted by molar-refractivity contribution is -0.108. The van der Waals surface area contributed by atoms with E-state index in [1.165, 1.54) is 5.56 Å². The lowest BCUT2D eigenvalue weighted by Gasteiger charge is -2.02. The van der Waals surface area contributed by atoms with Crippen LogP contribution in [0.4, 0.5) is 0 Å². The molecule has 0 radical (unpaired) electrons. The van der Waals surface area contributed by atoms with Crippen molar-refractivity contribution in [1.29, 1.82) is 0 Å². The minimum atomic E-state index is -0.412. The third-order valence-corrected chi connectivity index (χ3v) is 2.64. The second-order valence-corrected chi connectivity index (χ2v) is 3.82. The molecule has 3 heteroatoms. The first-order chi connectivity index (χ1) is 7.22. The van der Waals surface area contributed by atoms with Gasteiger partial charge >= 0.3 is 0 Å². The van der Waals surface area contributed by atoms with Crippen LogP contribution in [0, 0.1) is 6.92 Å². The van der Waals surface area contributed by atoms with E-state index in [-0.39, 0.29) is 0 Å². The van der Waals surface area contributed by atoms with Crippen molar-refractivity contribution in [3.63, 3.8) is 0 Å². The smallest absolute Gasteiger partial charge is 0.137 e. The number of hydrogen-bond donors (Lipinski definition) is 2. The highest BCUT2D eigenvalue weighted by atomic mass is 16.1. The summed E-state index contributed by atoms with van der Waals surface area (Å²) in [5.41, 5.74) is 9.05. The van der Waals surface area contributed by atoms with Crippen molar-refractivity contribution < 1.29 is 4.79 Å². The van der Waals surface area contributed by atoms with Crippen molar-refractivity contribution in [2.24, 2.45) is 5.73 Å². The first-order valence-electron chi connectivity index (χ1n) is 4.99. The maximum Gasteiger partial charge on any atom is 0.137 e. The van der Waals surface area contributed by atoms with Gasteiger partial charge in [-0.2, -0.15) is 0 Å². The molecule has 15 heavy (non-hydrogen) atoms. The van der Waals surface area contributed by atoms with Crippen molar-refractivity contribution >= 4 is 17.2 Å². The van der Waals surface area contributed by atoms with Gasteiger partial charge in [0.25, 0.3) is 0 Å². The number of nitrogens with two attached hydrogens (primary N) is 1. The molecule has 78 valence electrons. The minimum Gasteiger partial charge on any atom is -0.361 e. The van der Waals surface area contributed by atoms with Crippen LogP contribution in [-0.4, -0.2) is 17.3 Å². The van der Waals surface area contributed by atoms with E-state index in [1.807, 2.05) is 18.3 Å². The van der Waals surface area contributed by atoms with Crippen molar-refractivity contribution in [1.82, 2.24) is 4.98 Å². The van der Waals surface area contributed by atoms with Crippen molar-refractivity contribution in [3.8, 4) is 0 Å². The first-order valence-corrected chi connectivity index (χ1v) is 4.99. The average Bonchev–Trinajstić information content (AvgIpc) is 2.63. The normalized spacial score (nSPS) is 12.9. The quantitative estimate of drug-likeness (QED) is 0.742. The Morgan fingerprint density at radius 2 is 2.33 bits per heavy atom. The zero-order chi connectivity index (χ0) is 10.8. The number of nitrogens with one attached hydrogen (secondary N) is 1. The molecule has 0 unspecified atom stereocenters. The fourth-order valence-electron chi connectivity index (χ4n) is 1.83. The summed E-state index contributed by atoms with van der Waals surface area (Å²) >= 11 is 0. The maximum atomic E-state index is 10.5. The highest BCUT2D eigenvalue weighted by Gasteiger charge is 2.08. The number of aldehydes is 1. The van der Waals surface area contributed by atoms with Crippen molar-refractivity contribution in [2.75, 3.05) is 0 Å². The van der Waals surface area contributed by atoms with E-state index in [2.05, 4.69) is 18.0 Å². The molecule has 1 atom stereocenters. The summed E-state index contributed by atoms with van der Waals surface area (Å²) < 4.78 is 0. The molecule has 1 aromatic heterocycles. The second-order valence-electron chi connectivity index (χ2n) is 3.82. The van der Waals surface area contributed by atoms with Gasteiger partial charge in [-0.1, -0.05) is 18.2 Å².